The molecule has 2 N–H and O–H groups in total. The van der Waals surface area contributed by atoms with Gasteiger partial charge in [0.15, 0.2) is 0 Å². The highest BCUT2D eigenvalue weighted by molar-refractivity contribution is 6.23. The molecular formula is C8H14N2O2. The fourth-order valence-corrected chi connectivity index (χ4v) is 1.70. The van der Waals surface area contributed by atoms with Crippen molar-refractivity contribution < 1.29 is 9.59 Å². The van der Waals surface area contributed by atoms with Gasteiger partial charge in [-0.3, -0.25) is 9.59 Å². The van der Waals surface area contributed by atoms with Gasteiger partial charge < -0.3 is 10.6 Å². The maximum atomic E-state index is 10.7. The monoisotopic (exact) mass is 170 g/mol. The highest BCUT2D eigenvalue weighted by Crippen LogP contribution is 2.18. The zero-order chi connectivity index (χ0) is 8.97. The number of carbonyl (C=O) groups excluding carboxylic acids is 2. The molecule has 2 atom stereocenters. The van der Waals surface area contributed by atoms with Crippen molar-refractivity contribution in [3.63, 3.8) is 0 Å². The molecule has 0 heterocycles. The standard InChI is InChI=1S/C8H14N2O2/c1-9-6-3-2-4-7(6)10-8(12)5-11/h5-7,9H,2-4H2,1H3,(H,10,12). The molecule has 0 aromatic carbocycles. The fraction of sp³-hybridized carbons (Fsp3) is 0.750. The minimum absolute atomic E-state index is 0.132. The minimum atomic E-state index is -0.512. The van der Waals surface area contributed by atoms with E-state index < -0.39 is 5.91 Å². The highest BCUT2D eigenvalue weighted by atomic mass is 16.2. The normalized spacial score (nSPS) is 28.4. The molecular weight excluding hydrogens is 156 g/mol. The fourth-order valence-electron chi connectivity index (χ4n) is 1.70. The van der Waals surface area contributed by atoms with Crippen molar-refractivity contribution in [3.8, 4) is 0 Å². The average molecular weight is 170 g/mol. The van der Waals surface area contributed by atoms with Gasteiger partial charge >= 0.3 is 0 Å². The predicted octanol–water partition coefficient (Wildman–Crippen LogP) is -0.558. The van der Waals surface area contributed by atoms with Crippen LogP contribution in [-0.4, -0.2) is 31.3 Å². The van der Waals surface area contributed by atoms with Gasteiger partial charge in [-0.1, -0.05) is 0 Å². The van der Waals surface area contributed by atoms with E-state index in [9.17, 15) is 9.59 Å². The molecule has 12 heavy (non-hydrogen) atoms. The van der Waals surface area contributed by atoms with Crippen molar-refractivity contribution in [2.24, 2.45) is 0 Å². The third-order valence-electron chi connectivity index (χ3n) is 2.32. The first-order valence-corrected chi connectivity index (χ1v) is 4.21. The molecule has 0 aromatic rings. The van der Waals surface area contributed by atoms with E-state index in [1.165, 1.54) is 0 Å². The second-order valence-electron chi connectivity index (χ2n) is 3.06. The van der Waals surface area contributed by atoms with Gasteiger partial charge in [0.05, 0.1) is 0 Å². The molecule has 0 spiro atoms. The van der Waals surface area contributed by atoms with E-state index in [1.54, 1.807) is 0 Å². The molecule has 1 aliphatic carbocycles. The van der Waals surface area contributed by atoms with E-state index in [-0.39, 0.29) is 6.04 Å². The molecule has 0 saturated heterocycles. The molecule has 1 rings (SSSR count). The summed E-state index contributed by atoms with van der Waals surface area (Å²) in [6.07, 6.45) is 3.46. The van der Waals surface area contributed by atoms with Gasteiger partial charge in [-0.15, -0.1) is 0 Å². The smallest absolute Gasteiger partial charge is 0.284 e. The Balaban J connectivity index is 2.40. The number of amides is 1. The van der Waals surface area contributed by atoms with Crippen molar-refractivity contribution in [2.45, 2.75) is 31.3 Å². The van der Waals surface area contributed by atoms with Crippen LogP contribution in [0.25, 0.3) is 0 Å². The van der Waals surface area contributed by atoms with E-state index in [0.29, 0.717) is 12.3 Å². The molecule has 68 valence electrons. The molecule has 0 radical (unpaired) electrons. The lowest BCUT2D eigenvalue weighted by Crippen LogP contribution is -2.45. The predicted molar refractivity (Wildman–Crippen MR) is 44.7 cm³/mol. The summed E-state index contributed by atoms with van der Waals surface area (Å²) in [4.78, 5) is 20.8. The molecule has 1 saturated carbocycles. The molecule has 1 amide bonds. The van der Waals surface area contributed by atoms with Crippen LogP contribution in [0.15, 0.2) is 0 Å². The largest absolute Gasteiger partial charge is 0.345 e. The van der Waals surface area contributed by atoms with Crippen LogP contribution in [0.3, 0.4) is 0 Å². The van der Waals surface area contributed by atoms with Crippen LogP contribution in [0.1, 0.15) is 19.3 Å². The van der Waals surface area contributed by atoms with Crippen molar-refractivity contribution in [2.75, 3.05) is 7.05 Å². The van der Waals surface area contributed by atoms with Crippen LogP contribution in [0, 0.1) is 0 Å². The lowest BCUT2D eigenvalue weighted by molar-refractivity contribution is -0.131. The van der Waals surface area contributed by atoms with Gasteiger partial charge in [0, 0.05) is 12.1 Å². The molecule has 4 nitrogen and oxygen atoms in total. The Morgan fingerprint density at radius 2 is 2.08 bits per heavy atom. The van der Waals surface area contributed by atoms with E-state index in [2.05, 4.69) is 10.6 Å². The number of likely N-dealkylation sites (N-methyl/N-ethyl adjacent to an activating group) is 1. The van der Waals surface area contributed by atoms with Crippen LogP contribution in [-0.2, 0) is 9.59 Å². The Bertz CT molecular complexity index is 182. The van der Waals surface area contributed by atoms with Crippen LogP contribution >= 0.6 is 0 Å². The molecule has 4 heteroatoms. The summed E-state index contributed by atoms with van der Waals surface area (Å²) in [5.74, 6) is -0.512. The second kappa shape index (κ2) is 4.21. The first kappa shape index (κ1) is 9.19. The third-order valence-corrected chi connectivity index (χ3v) is 2.32. The topological polar surface area (TPSA) is 58.2 Å². The molecule has 1 fully saturated rings. The maximum Gasteiger partial charge on any atom is 0.284 e. The summed E-state index contributed by atoms with van der Waals surface area (Å²) in [5.41, 5.74) is 0. The van der Waals surface area contributed by atoms with E-state index in [4.69, 9.17) is 0 Å². The lowest BCUT2D eigenvalue weighted by Gasteiger charge is -2.18. The van der Waals surface area contributed by atoms with E-state index >= 15 is 0 Å². The second-order valence-corrected chi connectivity index (χ2v) is 3.06. The highest BCUT2D eigenvalue weighted by Gasteiger charge is 2.26. The number of rotatable bonds is 3. The Labute approximate surface area is 71.7 Å². The zero-order valence-corrected chi connectivity index (χ0v) is 7.17. The Morgan fingerprint density at radius 3 is 2.67 bits per heavy atom. The number of aldehydes is 1. The van der Waals surface area contributed by atoms with E-state index in [1.807, 2.05) is 7.05 Å². The van der Waals surface area contributed by atoms with E-state index in [0.717, 1.165) is 19.3 Å². The Morgan fingerprint density at radius 1 is 1.42 bits per heavy atom. The Hall–Kier alpha value is -0.900. The van der Waals surface area contributed by atoms with Crippen molar-refractivity contribution >= 4 is 12.2 Å². The molecule has 0 bridgehead atoms. The summed E-state index contributed by atoms with van der Waals surface area (Å²) in [6, 6.07) is 0.460. The summed E-state index contributed by atoms with van der Waals surface area (Å²) in [6.45, 7) is 0. The van der Waals surface area contributed by atoms with Gasteiger partial charge in [0.25, 0.3) is 5.91 Å². The van der Waals surface area contributed by atoms with Crippen LogP contribution < -0.4 is 10.6 Å². The van der Waals surface area contributed by atoms with Gasteiger partial charge in [0.2, 0.25) is 6.29 Å². The first-order chi connectivity index (χ1) is 5.77. The minimum Gasteiger partial charge on any atom is -0.345 e. The molecule has 0 aliphatic heterocycles. The first-order valence-electron chi connectivity index (χ1n) is 4.21. The van der Waals surface area contributed by atoms with Crippen molar-refractivity contribution in [1.82, 2.24) is 10.6 Å². The number of carbonyl (C=O) groups is 2. The quantitative estimate of drug-likeness (QED) is 0.441. The average Bonchev–Trinajstić information content (AvgIpc) is 2.51. The van der Waals surface area contributed by atoms with Crippen LogP contribution in [0.4, 0.5) is 0 Å². The zero-order valence-electron chi connectivity index (χ0n) is 7.17. The summed E-state index contributed by atoms with van der Waals surface area (Å²) in [7, 11) is 1.87. The molecule has 2 unspecified atom stereocenters. The van der Waals surface area contributed by atoms with Gasteiger partial charge in [-0.25, -0.2) is 0 Å². The van der Waals surface area contributed by atoms with Gasteiger partial charge in [0.1, 0.15) is 0 Å². The van der Waals surface area contributed by atoms with Crippen molar-refractivity contribution in [1.29, 1.82) is 0 Å². The molecule has 1 aliphatic rings. The van der Waals surface area contributed by atoms with Crippen LogP contribution in [0.2, 0.25) is 0 Å². The SMILES string of the molecule is CNC1CCCC1NC(=O)C=O. The van der Waals surface area contributed by atoms with Crippen LogP contribution in [0.5, 0.6) is 0 Å². The summed E-state index contributed by atoms with van der Waals surface area (Å²) in [5, 5.41) is 5.77. The van der Waals surface area contributed by atoms with Gasteiger partial charge in [-0.05, 0) is 26.3 Å². The maximum absolute atomic E-state index is 10.7. The summed E-state index contributed by atoms with van der Waals surface area (Å²) < 4.78 is 0. The van der Waals surface area contributed by atoms with Gasteiger partial charge in [-0.2, -0.15) is 0 Å². The summed E-state index contributed by atoms with van der Waals surface area (Å²) >= 11 is 0. The molecule has 0 aromatic heterocycles. The Kier molecular flexibility index (Phi) is 3.22. The lowest BCUT2D eigenvalue weighted by atomic mass is 10.2. The number of nitrogens with one attached hydrogen (secondary N) is 2. The van der Waals surface area contributed by atoms with Crippen molar-refractivity contribution in [3.05, 3.63) is 0 Å². The number of hydrogen-bond acceptors (Lipinski definition) is 3. The third kappa shape index (κ3) is 2.04. The number of hydrogen-bond donors (Lipinski definition) is 2.